The van der Waals surface area contributed by atoms with Crippen molar-refractivity contribution in [3.8, 4) is 0 Å². The number of benzene rings is 1. The molecule has 1 fully saturated rings. The third-order valence-electron chi connectivity index (χ3n) is 5.46. The van der Waals surface area contributed by atoms with E-state index in [1.165, 1.54) is 5.56 Å². The van der Waals surface area contributed by atoms with Gasteiger partial charge in [-0.2, -0.15) is 0 Å². The van der Waals surface area contributed by atoms with Crippen LogP contribution in [0, 0.1) is 5.92 Å². The van der Waals surface area contributed by atoms with Crippen molar-refractivity contribution in [3.63, 3.8) is 0 Å². The van der Waals surface area contributed by atoms with Crippen LogP contribution in [0.4, 0.5) is 4.79 Å². The van der Waals surface area contributed by atoms with Gasteiger partial charge in [-0.05, 0) is 56.7 Å². The second-order valence-corrected chi connectivity index (χ2v) is 8.39. The van der Waals surface area contributed by atoms with Gasteiger partial charge in [0.05, 0.1) is 12.6 Å². The second-order valence-electron chi connectivity index (χ2n) is 8.39. The number of aliphatic carboxylic acids is 1. The summed E-state index contributed by atoms with van der Waals surface area (Å²) in [7, 11) is 1.85. The molecule has 1 aliphatic rings. The van der Waals surface area contributed by atoms with Crippen LogP contribution in [0.3, 0.4) is 0 Å². The molecule has 28 heavy (non-hydrogen) atoms. The van der Waals surface area contributed by atoms with Crippen LogP contribution in [0.25, 0.3) is 0 Å². The third-order valence-corrected chi connectivity index (χ3v) is 5.46. The van der Waals surface area contributed by atoms with E-state index in [2.05, 4.69) is 43.4 Å². The van der Waals surface area contributed by atoms with Gasteiger partial charge in [0.2, 0.25) is 0 Å². The van der Waals surface area contributed by atoms with E-state index in [0.29, 0.717) is 19.0 Å². The molecule has 0 bridgehead atoms. The number of rotatable bonds is 7. The van der Waals surface area contributed by atoms with Gasteiger partial charge in [0.25, 0.3) is 0 Å². The van der Waals surface area contributed by atoms with Gasteiger partial charge in [0.1, 0.15) is 0 Å². The summed E-state index contributed by atoms with van der Waals surface area (Å²) in [5.74, 6) is -0.182. The number of carboxylic acids is 1. The lowest BCUT2D eigenvalue weighted by Crippen LogP contribution is -2.42. The van der Waals surface area contributed by atoms with Crippen molar-refractivity contribution < 1.29 is 14.7 Å². The molecular weight excluding hydrogens is 354 g/mol. The normalized spacial score (nSPS) is 18.8. The first-order chi connectivity index (χ1) is 13.3. The Kier molecular flexibility index (Phi) is 8.30. The van der Waals surface area contributed by atoms with Gasteiger partial charge in [-0.15, -0.1) is 0 Å². The Morgan fingerprint density at radius 3 is 2.46 bits per heavy atom. The fraction of sp³-hybridized carbons (Fsp3) is 0.636. The van der Waals surface area contributed by atoms with E-state index in [1.807, 2.05) is 23.8 Å². The van der Waals surface area contributed by atoms with Crippen molar-refractivity contribution in [3.05, 3.63) is 35.4 Å². The van der Waals surface area contributed by atoms with Gasteiger partial charge in [-0.3, -0.25) is 9.69 Å². The zero-order chi connectivity index (χ0) is 20.7. The number of urea groups is 1. The number of carbonyl (C=O) groups excluding carboxylic acids is 1. The van der Waals surface area contributed by atoms with E-state index < -0.39 is 5.97 Å². The van der Waals surface area contributed by atoms with Crippen molar-refractivity contribution in [1.29, 1.82) is 0 Å². The smallest absolute Gasteiger partial charge is 0.317 e. The lowest BCUT2D eigenvalue weighted by Gasteiger charge is -2.26. The van der Waals surface area contributed by atoms with Gasteiger partial charge in [0, 0.05) is 19.1 Å². The minimum Gasteiger partial charge on any atom is -0.480 e. The summed E-state index contributed by atoms with van der Waals surface area (Å²) in [6, 6.07) is 8.61. The summed E-state index contributed by atoms with van der Waals surface area (Å²) in [5, 5.41) is 12.1. The van der Waals surface area contributed by atoms with Gasteiger partial charge in [-0.1, -0.05) is 38.1 Å². The maximum atomic E-state index is 12.7. The number of amides is 2. The zero-order valence-electron chi connectivity index (χ0n) is 17.6. The third kappa shape index (κ3) is 6.82. The number of nitrogens with one attached hydrogen (secondary N) is 1. The molecule has 1 aromatic carbocycles. The Morgan fingerprint density at radius 2 is 1.86 bits per heavy atom. The van der Waals surface area contributed by atoms with Crippen molar-refractivity contribution in [2.24, 2.45) is 5.92 Å². The van der Waals surface area contributed by atoms with Gasteiger partial charge >= 0.3 is 12.0 Å². The maximum Gasteiger partial charge on any atom is 0.317 e. The second kappa shape index (κ2) is 10.5. The molecule has 2 unspecified atom stereocenters. The topological polar surface area (TPSA) is 72.9 Å². The monoisotopic (exact) mass is 389 g/mol. The number of likely N-dealkylation sites (N-methyl/N-ethyl adjacent to an activating group) is 1. The van der Waals surface area contributed by atoms with Crippen LogP contribution in [-0.2, 0) is 11.2 Å². The predicted octanol–water partition coefficient (Wildman–Crippen LogP) is 3.53. The molecular formula is C22H35N3O3. The first kappa shape index (κ1) is 22.2. The highest BCUT2D eigenvalue weighted by atomic mass is 16.4. The van der Waals surface area contributed by atoms with Crippen molar-refractivity contribution >= 4 is 12.0 Å². The number of carbonyl (C=O) groups is 2. The summed E-state index contributed by atoms with van der Waals surface area (Å²) in [6.45, 7) is 7.84. The molecule has 6 heteroatoms. The summed E-state index contributed by atoms with van der Waals surface area (Å²) in [5.41, 5.74) is 2.43. The Labute approximate surface area is 168 Å². The van der Waals surface area contributed by atoms with Crippen molar-refractivity contribution in [1.82, 2.24) is 15.1 Å². The highest BCUT2D eigenvalue weighted by Crippen LogP contribution is 2.18. The fourth-order valence-corrected chi connectivity index (χ4v) is 3.84. The van der Waals surface area contributed by atoms with E-state index in [1.54, 1.807) is 0 Å². The molecule has 0 radical (unpaired) electrons. The van der Waals surface area contributed by atoms with Crippen LogP contribution in [0.5, 0.6) is 0 Å². The molecule has 156 valence electrons. The lowest BCUT2D eigenvalue weighted by molar-refractivity contribution is -0.138. The molecule has 2 rings (SSSR count). The number of hydrogen-bond donors (Lipinski definition) is 2. The van der Waals surface area contributed by atoms with E-state index >= 15 is 0 Å². The van der Waals surface area contributed by atoms with Crippen LogP contribution < -0.4 is 5.32 Å². The summed E-state index contributed by atoms with van der Waals surface area (Å²) < 4.78 is 0. The number of likely N-dealkylation sites (tertiary alicyclic amines) is 1. The minimum atomic E-state index is -0.811. The summed E-state index contributed by atoms with van der Waals surface area (Å²) in [6.07, 6.45) is 3.67. The maximum absolute atomic E-state index is 12.7. The quantitative estimate of drug-likeness (QED) is 0.748. The van der Waals surface area contributed by atoms with Crippen LogP contribution in [0.1, 0.15) is 57.2 Å². The standard InChI is InChI=1S/C22H35N3O3/c1-16(2)14-18-7-9-19(10-8-18)17(3)23-22(28)25-12-5-6-20(11-13-25)24(4)15-21(26)27/h7-10,16-17,20H,5-6,11-15H2,1-4H3,(H,23,28)(H,26,27). The molecule has 0 aliphatic carbocycles. The average Bonchev–Trinajstić information content (AvgIpc) is 2.87. The number of hydrogen-bond acceptors (Lipinski definition) is 3. The largest absolute Gasteiger partial charge is 0.480 e. The Bertz CT molecular complexity index is 645. The average molecular weight is 390 g/mol. The number of carboxylic acid groups (broad SMARTS) is 1. The minimum absolute atomic E-state index is 0.0414. The van der Waals surface area contributed by atoms with Crippen molar-refractivity contribution in [2.45, 2.75) is 58.5 Å². The Balaban J connectivity index is 1.87. The van der Waals surface area contributed by atoms with Gasteiger partial charge < -0.3 is 15.3 Å². The molecule has 1 aliphatic heterocycles. The predicted molar refractivity (Wildman–Crippen MR) is 111 cm³/mol. The van der Waals surface area contributed by atoms with Gasteiger partial charge in [0.15, 0.2) is 0 Å². The Morgan fingerprint density at radius 1 is 1.18 bits per heavy atom. The van der Waals surface area contributed by atoms with Crippen LogP contribution in [-0.4, -0.2) is 59.6 Å². The molecule has 2 N–H and O–H groups in total. The van der Waals surface area contributed by atoms with Crippen LogP contribution in [0.2, 0.25) is 0 Å². The number of nitrogens with zero attached hydrogens (tertiary/aromatic N) is 2. The molecule has 0 saturated carbocycles. The zero-order valence-corrected chi connectivity index (χ0v) is 17.6. The van der Waals surface area contributed by atoms with E-state index in [4.69, 9.17) is 5.11 Å². The molecule has 1 saturated heterocycles. The molecule has 1 aromatic rings. The SMILES string of the molecule is CC(C)Cc1ccc(C(C)NC(=O)N2CCCC(N(C)CC(=O)O)CC2)cc1. The van der Waals surface area contributed by atoms with E-state index in [-0.39, 0.29) is 24.7 Å². The molecule has 0 spiro atoms. The van der Waals surface area contributed by atoms with Crippen LogP contribution >= 0.6 is 0 Å². The Hall–Kier alpha value is -2.08. The lowest BCUT2D eigenvalue weighted by atomic mass is 10.00. The first-order valence-electron chi connectivity index (χ1n) is 10.3. The van der Waals surface area contributed by atoms with Crippen molar-refractivity contribution in [2.75, 3.05) is 26.7 Å². The molecule has 1 heterocycles. The molecule has 6 nitrogen and oxygen atoms in total. The highest BCUT2D eigenvalue weighted by Gasteiger charge is 2.24. The van der Waals surface area contributed by atoms with Crippen LogP contribution in [0.15, 0.2) is 24.3 Å². The molecule has 2 atom stereocenters. The first-order valence-corrected chi connectivity index (χ1v) is 10.3. The van der Waals surface area contributed by atoms with Gasteiger partial charge in [-0.25, -0.2) is 4.79 Å². The molecule has 0 aromatic heterocycles. The summed E-state index contributed by atoms with van der Waals surface area (Å²) >= 11 is 0. The summed E-state index contributed by atoms with van der Waals surface area (Å²) in [4.78, 5) is 27.4. The molecule has 2 amide bonds. The highest BCUT2D eigenvalue weighted by molar-refractivity contribution is 5.74. The van der Waals surface area contributed by atoms with E-state index in [0.717, 1.165) is 31.2 Å². The fourth-order valence-electron chi connectivity index (χ4n) is 3.84. The van der Waals surface area contributed by atoms with E-state index in [9.17, 15) is 9.59 Å².